The number of nitrogens with zero attached hydrogens (tertiary/aromatic N) is 4. The lowest BCUT2D eigenvalue weighted by Crippen LogP contribution is -2.58. The van der Waals surface area contributed by atoms with Crippen molar-refractivity contribution in [1.82, 2.24) is 25.2 Å². The molecule has 12 nitrogen and oxygen atoms in total. The monoisotopic (exact) mass is 701 g/mol. The number of hydroxylamine groups is 2. The predicted octanol–water partition coefficient (Wildman–Crippen LogP) is 4.48. The number of hydrogen-bond donors (Lipinski definition) is 3. The fraction of sp³-hybridized carbons (Fsp3) is 0.333. The lowest BCUT2D eigenvalue weighted by Gasteiger charge is -2.34. The molecule has 0 bridgehead atoms. The van der Waals surface area contributed by atoms with Gasteiger partial charge in [0, 0.05) is 12.3 Å². The molecule has 3 amide bonds. The number of halogens is 1. The Balaban J connectivity index is 1.31. The number of aliphatic carboxylic acids is 1. The molecule has 260 valence electrons. The van der Waals surface area contributed by atoms with E-state index in [-0.39, 0.29) is 31.7 Å². The van der Waals surface area contributed by atoms with E-state index in [1.807, 2.05) is 35.7 Å². The smallest absolute Gasteiger partial charge is 0.330 e. The number of carboxylic acids is 1. The molecule has 3 heterocycles. The Hall–Kier alpha value is -5.21. The fourth-order valence-electron chi connectivity index (χ4n) is 6.35. The van der Waals surface area contributed by atoms with E-state index < -0.39 is 65.1 Å². The van der Waals surface area contributed by atoms with Crippen LogP contribution in [0.3, 0.4) is 0 Å². The molecule has 2 aromatic heterocycles. The van der Waals surface area contributed by atoms with E-state index in [9.17, 15) is 33.9 Å². The molecule has 50 heavy (non-hydrogen) atoms. The number of fused-ring (bicyclic) bond motifs is 1. The van der Waals surface area contributed by atoms with Gasteiger partial charge in [0.1, 0.15) is 35.2 Å². The molecular weight excluding hydrogens is 665 g/mol. The van der Waals surface area contributed by atoms with E-state index in [1.165, 1.54) is 46.6 Å². The van der Waals surface area contributed by atoms with Crippen molar-refractivity contribution in [2.24, 2.45) is 11.8 Å². The van der Waals surface area contributed by atoms with Crippen molar-refractivity contribution in [2.45, 2.75) is 56.8 Å². The zero-order valence-electron chi connectivity index (χ0n) is 27.4. The average Bonchev–Trinajstić information content (AvgIpc) is 3.38. The maximum absolute atomic E-state index is 14.3. The summed E-state index contributed by atoms with van der Waals surface area (Å²) in [5, 5.41) is 26.0. The number of benzene rings is 2. The number of thiophene rings is 1. The Labute approximate surface area is 291 Å². The van der Waals surface area contributed by atoms with Crippen molar-refractivity contribution in [3.05, 3.63) is 90.1 Å². The van der Waals surface area contributed by atoms with Crippen molar-refractivity contribution in [3.8, 4) is 16.5 Å². The minimum Gasteiger partial charge on any atom is -0.479 e. The first kappa shape index (κ1) is 34.6. The third-order valence-corrected chi connectivity index (χ3v) is 10.00. The summed E-state index contributed by atoms with van der Waals surface area (Å²) in [4.78, 5) is 65.2. The number of para-hydroxylation sites is 2. The van der Waals surface area contributed by atoms with E-state index in [1.54, 1.807) is 19.9 Å². The van der Waals surface area contributed by atoms with Gasteiger partial charge in [-0.1, -0.05) is 50.3 Å². The molecule has 3 N–H and O–H groups in total. The maximum atomic E-state index is 14.3. The van der Waals surface area contributed by atoms with E-state index >= 15 is 0 Å². The highest BCUT2D eigenvalue weighted by atomic mass is 32.1. The molecule has 2 aromatic carbocycles. The number of nitrogens with one attached hydrogen (secondary N) is 1. The quantitative estimate of drug-likeness (QED) is 0.110. The molecule has 1 saturated heterocycles. The van der Waals surface area contributed by atoms with Crippen LogP contribution in [0, 0.1) is 17.7 Å². The Kier molecular flexibility index (Phi) is 9.67. The summed E-state index contributed by atoms with van der Waals surface area (Å²) in [5.74, 6) is -4.88. The summed E-state index contributed by atoms with van der Waals surface area (Å²) < 4.78 is 19.9. The summed E-state index contributed by atoms with van der Waals surface area (Å²) in [5.41, 5.74) is 0.571. The van der Waals surface area contributed by atoms with Gasteiger partial charge >= 0.3 is 5.97 Å². The third kappa shape index (κ3) is 6.81. The van der Waals surface area contributed by atoms with Crippen LogP contribution in [-0.2, 0) is 25.6 Å². The molecule has 4 aromatic rings. The number of carbonyl (C=O) groups is 4. The third-order valence-electron chi connectivity index (χ3n) is 9.12. The highest BCUT2D eigenvalue weighted by Crippen LogP contribution is 2.45. The van der Waals surface area contributed by atoms with Crippen molar-refractivity contribution in [1.29, 1.82) is 0 Å². The SMILES string of the molecule is C=C[C@@H]1CC1(NC(=O)[C@@H]1C[C@@H](Oc2nc3ccccc3nc2-c2cccs2)CN1C(=O)C(C(C)C)N(O)C(=O)Cc1ccc(F)cc1)C(=O)O. The summed E-state index contributed by atoms with van der Waals surface area (Å²) in [6.45, 7) is 6.83. The number of carboxylic acid groups (broad SMARTS) is 1. The topological polar surface area (TPSA) is 162 Å². The number of likely N-dealkylation sites (tertiary alicyclic amines) is 1. The van der Waals surface area contributed by atoms with Crippen molar-refractivity contribution >= 4 is 46.1 Å². The van der Waals surface area contributed by atoms with Crippen LogP contribution in [0.15, 0.2) is 78.7 Å². The van der Waals surface area contributed by atoms with E-state index in [2.05, 4.69) is 11.9 Å². The number of aromatic nitrogens is 2. The number of hydrogen-bond acceptors (Lipinski definition) is 9. The van der Waals surface area contributed by atoms with Crippen molar-refractivity contribution < 1.29 is 38.6 Å². The predicted molar refractivity (Wildman–Crippen MR) is 182 cm³/mol. The molecule has 0 spiro atoms. The zero-order chi connectivity index (χ0) is 35.7. The maximum Gasteiger partial charge on any atom is 0.330 e. The van der Waals surface area contributed by atoms with E-state index in [4.69, 9.17) is 14.7 Å². The Morgan fingerprint density at radius 3 is 2.42 bits per heavy atom. The summed E-state index contributed by atoms with van der Waals surface area (Å²) in [7, 11) is 0. The van der Waals surface area contributed by atoms with Gasteiger partial charge < -0.3 is 20.1 Å². The lowest BCUT2D eigenvalue weighted by molar-refractivity contribution is -0.187. The zero-order valence-corrected chi connectivity index (χ0v) is 28.2. The van der Waals surface area contributed by atoms with Crippen LogP contribution in [0.25, 0.3) is 21.6 Å². The molecule has 5 atom stereocenters. The van der Waals surface area contributed by atoms with Crippen LogP contribution >= 0.6 is 11.3 Å². The molecule has 2 unspecified atom stereocenters. The Bertz CT molecular complexity index is 1940. The largest absolute Gasteiger partial charge is 0.479 e. The minimum absolute atomic E-state index is 0.0375. The summed E-state index contributed by atoms with van der Waals surface area (Å²) in [6, 6.07) is 13.6. The van der Waals surface area contributed by atoms with Gasteiger partial charge in [0.15, 0.2) is 0 Å². The minimum atomic E-state index is -1.56. The van der Waals surface area contributed by atoms with Crippen LogP contribution in [0.1, 0.15) is 32.3 Å². The first-order chi connectivity index (χ1) is 23.9. The lowest BCUT2D eigenvalue weighted by atomic mass is 10.0. The van der Waals surface area contributed by atoms with Gasteiger partial charge in [-0.3, -0.25) is 19.6 Å². The van der Waals surface area contributed by atoms with Gasteiger partial charge in [-0.05, 0) is 53.6 Å². The van der Waals surface area contributed by atoms with Crippen LogP contribution < -0.4 is 10.1 Å². The summed E-state index contributed by atoms with van der Waals surface area (Å²) in [6.07, 6.45) is 0.469. The molecule has 6 rings (SSSR count). The number of rotatable bonds is 12. The van der Waals surface area contributed by atoms with Gasteiger partial charge in [0.2, 0.25) is 17.7 Å². The number of carbonyl (C=O) groups excluding carboxylic acids is 3. The second-order valence-corrected chi connectivity index (χ2v) is 13.8. The van der Waals surface area contributed by atoms with Crippen LogP contribution in [-0.4, -0.2) is 84.2 Å². The highest BCUT2D eigenvalue weighted by molar-refractivity contribution is 7.13. The molecule has 1 aliphatic carbocycles. The second-order valence-electron chi connectivity index (χ2n) is 12.9. The molecule has 2 aliphatic rings. The van der Waals surface area contributed by atoms with Crippen LogP contribution in [0.5, 0.6) is 5.88 Å². The van der Waals surface area contributed by atoms with E-state index in [0.717, 1.165) is 4.88 Å². The molecule has 0 radical (unpaired) electrons. The highest BCUT2D eigenvalue weighted by Gasteiger charge is 2.61. The Morgan fingerprint density at radius 2 is 1.82 bits per heavy atom. The van der Waals surface area contributed by atoms with Crippen molar-refractivity contribution in [2.75, 3.05) is 6.54 Å². The number of amides is 3. The summed E-state index contributed by atoms with van der Waals surface area (Å²) >= 11 is 1.44. The van der Waals surface area contributed by atoms with Gasteiger partial charge in [-0.2, -0.15) is 0 Å². The average molecular weight is 702 g/mol. The fourth-order valence-corrected chi connectivity index (χ4v) is 7.05. The van der Waals surface area contributed by atoms with Crippen LogP contribution in [0.2, 0.25) is 0 Å². The molecule has 1 aliphatic heterocycles. The van der Waals surface area contributed by atoms with Crippen molar-refractivity contribution in [3.63, 3.8) is 0 Å². The normalized spacial score (nSPS) is 21.9. The van der Waals surface area contributed by atoms with Gasteiger partial charge in [-0.25, -0.2) is 24.2 Å². The van der Waals surface area contributed by atoms with Gasteiger partial charge in [-0.15, -0.1) is 17.9 Å². The van der Waals surface area contributed by atoms with Crippen LogP contribution in [0.4, 0.5) is 4.39 Å². The first-order valence-corrected chi connectivity index (χ1v) is 17.0. The van der Waals surface area contributed by atoms with Gasteiger partial charge in [0.05, 0.1) is 28.9 Å². The molecule has 14 heteroatoms. The molecule has 1 saturated carbocycles. The standard InChI is InChI=1S/C36H36FN5O7S/c1-4-22-18-36(22,35(46)47)40-32(44)27-17-24(49-33-30(28-10-7-15-50-28)38-25-8-5-6-9-26(25)39-33)19-41(27)34(45)31(20(2)3)42(48)29(43)16-21-11-13-23(37)14-12-21/h4-15,20,22,24,27,31,48H,1,16-19H2,2-3H3,(H,40,44)(H,46,47)/t22-,24-,27+,31?,36?/m1/s1. The van der Waals surface area contributed by atoms with Gasteiger partial charge in [0.25, 0.3) is 5.91 Å². The number of ether oxygens (including phenoxy) is 1. The molecular formula is C36H36FN5O7S. The first-order valence-electron chi connectivity index (χ1n) is 16.1. The Morgan fingerprint density at radius 1 is 1.12 bits per heavy atom. The molecule has 2 fully saturated rings. The van der Waals surface area contributed by atoms with E-state index in [0.29, 0.717) is 27.4 Å². The second kappa shape index (κ2) is 14.0.